The zero-order valence-electron chi connectivity index (χ0n) is 12.0. The Balaban J connectivity index is 2.17. The molecule has 0 radical (unpaired) electrons. The summed E-state index contributed by atoms with van der Waals surface area (Å²) in [6.45, 7) is 2.59. The van der Waals surface area contributed by atoms with Crippen molar-refractivity contribution >= 4 is 21.9 Å². The third-order valence-electron chi connectivity index (χ3n) is 3.22. The van der Waals surface area contributed by atoms with Crippen molar-refractivity contribution in [3.8, 4) is 0 Å². The number of rotatable bonds is 5. The molecule has 0 bridgehead atoms. The van der Waals surface area contributed by atoms with E-state index in [0.29, 0.717) is 6.54 Å². The Morgan fingerprint density at radius 3 is 2.86 bits per heavy atom. The van der Waals surface area contributed by atoms with Crippen LogP contribution in [-0.4, -0.2) is 18.1 Å². The summed E-state index contributed by atoms with van der Waals surface area (Å²) in [6.07, 6.45) is 3.34. The largest absolute Gasteiger partial charge is 0.468 e. The maximum atomic E-state index is 12.0. The molecule has 1 atom stereocenters. The molecule has 0 fully saturated rings. The minimum atomic E-state index is -0.531. The van der Waals surface area contributed by atoms with Crippen LogP contribution in [0.25, 0.3) is 0 Å². The number of hydrogen-bond donors (Lipinski definition) is 1. The SMILES string of the molecule is COC(=O)[C@H](NCc1cccc(C)c1Br)c1cccnc1. The zero-order chi connectivity index (χ0) is 15.2. The summed E-state index contributed by atoms with van der Waals surface area (Å²) in [7, 11) is 1.38. The summed E-state index contributed by atoms with van der Waals surface area (Å²) in [5.74, 6) is -0.327. The second-order valence-corrected chi connectivity index (χ2v) is 5.46. The van der Waals surface area contributed by atoms with Crippen molar-refractivity contribution in [2.75, 3.05) is 7.11 Å². The van der Waals surface area contributed by atoms with E-state index in [1.165, 1.54) is 7.11 Å². The van der Waals surface area contributed by atoms with Gasteiger partial charge in [-0.2, -0.15) is 0 Å². The lowest BCUT2D eigenvalue weighted by molar-refractivity contribution is -0.143. The first kappa shape index (κ1) is 15.7. The zero-order valence-corrected chi connectivity index (χ0v) is 13.6. The van der Waals surface area contributed by atoms with Crippen molar-refractivity contribution in [1.29, 1.82) is 0 Å². The summed E-state index contributed by atoms with van der Waals surface area (Å²) in [5.41, 5.74) is 3.03. The van der Waals surface area contributed by atoms with Crippen LogP contribution < -0.4 is 5.32 Å². The van der Waals surface area contributed by atoms with Gasteiger partial charge in [0.15, 0.2) is 0 Å². The van der Waals surface area contributed by atoms with E-state index in [4.69, 9.17) is 4.74 Å². The Labute approximate surface area is 132 Å². The van der Waals surface area contributed by atoms with Crippen LogP contribution in [0.1, 0.15) is 22.7 Å². The average molecular weight is 349 g/mol. The third-order valence-corrected chi connectivity index (χ3v) is 4.36. The minimum Gasteiger partial charge on any atom is -0.468 e. The number of nitrogens with zero attached hydrogens (tertiary/aromatic N) is 1. The summed E-state index contributed by atoms with van der Waals surface area (Å²) in [5, 5.41) is 3.23. The molecule has 110 valence electrons. The highest BCUT2D eigenvalue weighted by Crippen LogP contribution is 2.22. The van der Waals surface area contributed by atoms with E-state index in [2.05, 4.69) is 26.2 Å². The van der Waals surface area contributed by atoms with Gasteiger partial charge in [-0.3, -0.25) is 10.3 Å². The summed E-state index contributed by atoms with van der Waals surface area (Å²) in [4.78, 5) is 16.0. The fourth-order valence-electron chi connectivity index (χ4n) is 2.06. The lowest BCUT2D eigenvalue weighted by Crippen LogP contribution is -2.29. The van der Waals surface area contributed by atoms with Gasteiger partial charge in [-0.1, -0.05) is 40.2 Å². The number of halogens is 1. The van der Waals surface area contributed by atoms with Crippen LogP contribution in [0.5, 0.6) is 0 Å². The fourth-order valence-corrected chi connectivity index (χ4v) is 2.46. The standard InChI is InChI=1S/C16H17BrN2O2/c1-11-5-3-6-12(14(11)17)10-19-15(16(20)21-2)13-7-4-8-18-9-13/h3-9,15,19H,10H2,1-2H3/t15-/m1/s1. The molecule has 2 aromatic rings. The molecule has 0 amide bonds. The molecule has 0 aliphatic carbocycles. The number of carbonyl (C=O) groups excluding carboxylic acids is 1. The number of aryl methyl sites for hydroxylation is 1. The first-order valence-electron chi connectivity index (χ1n) is 6.58. The highest BCUT2D eigenvalue weighted by atomic mass is 79.9. The first-order chi connectivity index (χ1) is 10.1. The monoisotopic (exact) mass is 348 g/mol. The van der Waals surface area contributed by atoms with Crippen LogP contribution in [-0.2, 0) is 16.1 Å². The highest BCUT2D eigenvalue weighted by molar-refractivity contribution is 9.10. The Morgan fingerprint density at radius 1 is 1.38 bits per heavy atom. The highest BCUT2D eigenvalue weighted by Gasteiger charge is 2.21. The van der Waals surface area contributed by atoms with Gasteiger partial charge in [0.2, 0.25) is 0 Å². The average Bonchev–Trinajstić information content (AvgIpc) is 2.52. The molecule has 0 unspecified atom stereocenters. The molecule has 2 rings (SSSR count). The molecular weight excluding hydrogens is 332 g/mol. The van der Waals surface area contributed by atoms with Gasteiger partial charge in [-0.15, -0.1) is 0 Å². The Morgan fingerprint density at radius 2 is 2.19 bits per heavy atom. The molecule has 1 aromatic heterocycles. The van der Waals surface area contributed by atoms with E-state index < -0.39 is 6.04 Å². The fraction of sp³-hybridized carbons (Fsp3) is 0.250. The van der Waals surface area contributed by atoms with Crippen molar-refractivity contribution in [2.24, 2.45) is 0 Å². The molecule has 1 heterocycles. The molecule has 0 aliphatic rings. The van der Waals surface area contributed by atoms with Crippen LogP contribution in [0.3, 0.4) is 0 Å². The molecule has 0 aliphatic heterocycles. The van der Waals surface area contributed by atoms with E-state index >= 15 is 0 Å². The second kappa shape index (κ2) is 7.33. The van der Waals surface area contributed by atoms with Crippen molar-refractivity contribution in [1.82, 2.24) is 10.3 Å². The van der Waals surface area contributed by atoms with Crippen molar-refractivity contribution in [3.63, 3.8) is 0 Å². The number of nitrogens with one attached hydrogen (secondary N) is 1. The number of pyridine rings is 1. The minimum absolute atomic E-state index is 0.327. The van der Waals surface area contributed by atoms with Gasteiger partial charge < -0.3 is 4.74 Å². The number of methoxy groups -OCH3 is 1. The predicted octanol–water partition coefficient (Wildman–Crippen LogP) is 3.16. The van der Waals surface area contributed by atoms with E-state index in [1.54, 1.807) is 18.5 Å². The van der Waals surface area contributed by atoms with Crippen LogP contribution >= 0.6 is 15.9 Å². The molecular formula is C16H17BrN2O2. The number of benzene rings is 1. The summed E-state index contributed by atoms with van der Waals surface area (Å²) in [6, 6.07) is 9.17. The van der Waals surface area contributed by atoms with Gasteiger partial charge in [-0.05, 0) is 29.7 Å². The molecule has 5 heteroatoms. The maximum Gasteiger partial charge on any atom is 0.327 e. The van der Waals surface area contributed by atoms with E-state index in [1.807, 2.05) is 31.2 Å². The number of hydrogen-bond acceptors (Lipinski definition) is 4. The van der Waals surface area contributed by atoms with Crippen molar-refractivity contribution in [3.05, 3.63) is 63.9 Å². The number of aromatic nitrogens is 1. The van der Waals surface area contributed by atoms with Gasteiger partial charge in [0.25, 0.3) is 0 Å². The molecule has 21 heavy (non-hydrogen) atoms. The quantitative estimate of drug-likeness (QED) is 0.843. The van der Waals surface area contributed by atoms with Gasteiger partial charge in [0, 0.05) is 23.4 Å². The molecule has 0 spiro atoms. The van der Waals surface area contributed by atoms with Gasteiger partial charge in [-0.25, -0.2) is 4.79 Å². The van der Waals surface area contributed by atoms with Crippen molar-refractivity contribution in [2.45, 2.75) is 19.5 Å². The Bertz CT molecular complexity index is 617. The van der Waals surface area contributed by atoms with Crippen LogP contribution in [0.15, 0.2) is 47.2 Å². The molecule has 4 nitrogen and oxygen atoms in total. The van der Waals surface area contributed by atoms with Crippen LogP contribution in [0.4, 0.5) is 0 Å². The van der Waals surface area contributed by atoms with Gasteiger partial charge in [0.05, 0.1) is 7.11 Å². The number of ether oxygens (including phenoxy) is 1. The van der Waals surface area contributed by atoms with Crippen LogP contribution in [0, 0.1) is 6.92 Å². The third kappa shape index (κ3) is 3.89. The lowest BCUT2D eigenvalue weighted by atomic mass is 10.1. The Kier molecular flexibility index (Phi) is 5.47. The van der Waals surface area contributed by atoms with Crippen molar-refractivity contribution < 1.29 is 9.53 Å². The predicted molar refractivity (Wildman–Crippen MR) is 84.7 cm³/mol. The number of esters is 1. The van der Waals surface area contributed by atoms with E-state index in [-0.39, 0.29) is 5.97 Å². The molecule has 1 N–H and O–H groups in total. The van der Waals surface area contributed by atoms with Crippen LogP contribution in [0.2, 0.25) is 0 Å². The normalized spacial score (nSPS) is 12.0. The first-order valence-corrected chi connectivity index (χ1v) is 7.38. The lowest BCUT2D eigenvalue weighted by Gasteiger charge is -2.17. The Hall–Kier alpha value is -1.72. The summed E-state index contributed by atoms with van der Waals surface area (Å²) < 4.78 is 5.92. The molecule has 1 aromatic carbocycles. The van der Waals surface area contributed by atoms with Gasteiger partial charge in [0.1, 0.15) is 6.04 Å². The second-order valence-electron chi connectivity index (χ2n) is 4.67. The topological polar surface area (TPSA) is 51.2 Å². The summed E-state index contributed by atoms with van der Waals surface area (Å²) >= 11 is 3.57. The van der Waals surface area contributed by atoms with E-state index in [0.717, 1.165) is 21.2 Å². The molecule has 0 saturated heterocycles. The molecule has 0 saturated carbocycles. The van der Waals surface area contributed by atoms with Gasteiger partial charge >= 0.3 is 5.97 Å². The van der Waals surface area contributed by atoms with E-state index in [9.17, 15) is 4.79 Å². The smallest absolute Gasteiger partial charge is 0.327 e. The number of carbonyl (C=O) groups is 1. The maximum absolute atomic E-state index is 12.0.